The molecule has 1 N–H and O–H groups in total. The van der Waals surface area contributed by atoms with Crippen molar-refractivity contribution < 1.29 is 18.0 Å². The quantitative estimate of drug-likeness (QED) is 0.695. The number of unbranched alkanes of at least 4 members (excludes halogenated alkanes) is 1. The Hall–Kier alpha value is -2.29. The molecule has 0 unspecified atom stereocenters. The van der Waals surface area contributed by atoms with Crippen molar-refractivity contribution in [1.29, 1.82) is 0 Å². The molecule has 1 amide bonds. The fourth-order valence-electron chi connectivity index (χ4n) is 2.80. The fraction of sp³-hybridized carbons (Fsp3) is 0.400. The molecule has 3 aromatic heterocycles. The molecule has 0 fully saturated rings. The molecule has 0 saturated carbocycles. The second-order valence-corrected chi connectivity index (χ2v) is 5.54. The third kappa shape index (κ3) is 3.41. The summed E-state index contributed by atoms with van der Waals surface area (Å²) in [7, 11) is 0. The van der Waals surface area contributed by atoms with Gasteiger partial charge in [-0.2, -0.15) is 13.2 Å². The molecule has 0 radical (unpaired) electrons. The van der Waals surface area contributed by atoms with Crippen LogP contribution in [0.25, 0.3) is 16.8 Å². The molecule has 0 bridgehead atoms. The van der Waals surface area contributed by atoms with Crippen LogP contribution in [0, 0.1) is 6.92 Å². The van der Waals surface area contributed by atoms with Crippen molar-refractivity contribution in [2.45, 2.75) is 32.5 Å². The Balaban J connectivity index is 0.00000225. The number of halogens is 4. The molecule has 0 saturated heterocycles. The van der Waals surface area contributed by atoms with Crippen LogP contribution in [-0.2, 0) is 11.3 Å². The third-order valence-electron chi connectivity index (χ3n) is 3.87. The Morgan fingerprint density at radius 3 is 2.68 bits per heavy atom. The number of nitrogens with one attached hydrogen (secondary N) is 1. The largest absolute Gasteiger partial charge is 0.471 e. The normalized spacial score (nSPS) is 11.8. The van der Waals surface area contributed by atoms with Gasteiger partial charge in [0, 0.05) is 13.1 Å². The average Bonchev–Trinajstić information content (AvgIpc) is 2.99. The van der Waals surface area contributed by atoms with Crippen molar-refractivity contribution in [3.05, 3.63) is 34.2 Å². The molecule has 25 heavy (non-hydrogen) atoms. The Labute approximate surface area is 146 Å². The van der Waals surface area contributed by atoms with Gasteiger partial charge < -0.3 is 5.32 Å². The van der Waals surface area contributed by atoms with Crippen LogP contribution in [0.5, 0.6) is 0 Å². The topological polar surface area (TPSA) is 68.4 Å². The van der Waals surface area contributed by atoms with E-state index in [-0.39, 0.29) is 24.5 Å². The van der Waals surface area contributed by atoms with E-state index < -0.39 is 12.1 Å². The van der Waals surface area contributed by atoms with E-state index in [1.165, 1.54) is 0 Å². The summed E-state index contributed by atoms with van der Waals surface area (Å²) < 4.78 is 39.6. The lowest BCUT2D eigenvalue weighted by molar-refractivity contribution is -0.173. The first-order valence-electron chi connectivity index (χ1n) is 7.45. The van der Waals surface area contributed by atoms with E-state index in [1.54, 1.807) is 28.0 Å². The number of aromatic nitrogens is 3. The van der Waals surface area contributed by atoms with Gasteiger partial charge in [0.05, 0.1) is 5.69 Å². The number of aryl methyl sites for hydroxylation is 2. The monoisotopic (exact) mass is 376 g/mol. The number of pyridine rings is 1. The zero-order valence-electron chi connectivity index (χ0n) is 13.3. The molecular weight excluding hydrogens is 361 g/mol. The van der Waals surface area contributed by atoms with Gasteiger partial charge in [-0.05, 0) is 31.9 Å². The number of imidazole rings is 2. The van der Waals surface area contributed by atoms with E-state index in [4.69, 9.17) is 0 Å². The van der Waals surface area contributed by atoms with Crippen molar-refractivity contribution in [1.82, 2.24) is 19.3 Å². The van der Waals surface area contributed by atoms with Gasteiger partial charge in [-0.15, -0.1) is 12.4 Å². The van der Waals surface area contributed by atoms with Gasteiger partial charge in [-0.1, -0.05) is 6.07 Å². The molecule has 0 aromatic carbocycles. The van der Waals surface area contributed by atoms with Gasteiger partial charge in [0.2, 0.25) is 0 Å². The number of hydrogen-bond donors (Lipinski definition) is 1. The van der Waals surface area contributed by atoms with Gasteiger partial charge in [0.1, 0.15) is 16.8 Å². The highest BCUT2D eigenvalue weighted by Crippen LogP contribution is 2.17. The minimum absolute atomic E-state index is 0. The average molecular weight is 377 g/mol. The molecule has 3 rings (SSSR count). The zero-order valence-corrected chi connectivity index (χ0v) is 14.1. The van der Waals surface area contributed by atoms with Crippen molar-refractivity contribution in [3.63, 3.8) is 0 Å². The predicted octanol–water partition coefficient (Wildman–Crippen LogP) is 2.28. The van der Waals surface area contributed by atoms with E-state index in [9.17, 15) is 22.8 Å². The minimum atomic E-state index is -4.87. The van der Waals surface area contributed by atoms with Crippen LogP contribution in [0.15, 0.2) is 23.0 Å². The highest BCUT2D eigenvalue weighted by molar-refractivity contribution is 5.85. The van der Waals surface area contributed by atoms with Gasteiger partial charge in [0.25, 0.3) is 5.56 Å². The number of carbonyl (C=O) groups excluding carboxylic acids is 1. The lowest BCUT2D eigenvalue weighted by Gasteiger charge is -2.08. The predicted molar refractivity (Wildman–Crippen MR) is 88.4 cm³/mol. The van der Waals surface area contributed by atoms with E-state index >= 15 is 0 Å². The Morgan fingerprint density at radius 2 is 2.00 bits per heavy atom. The van der Waals surface area contributed by atoms with Gasteiger partial charge >= 0.3 is 12.1 Å². The second kappa shape index (κ2) is 6.91. The molecule has 136 valence electrons. The number of amides is 1. The summed E-state index contributed by atoms with van der Waals surface area (Å²) >= 11 is 0. The van der Waals surface area contributed by atoms with E-state index in [2.05, 4.69) is 4.98 Å². The highest BCUT2D eigenvalue weighted by Gasteiger charge is 2.38. The van der Waals surface area contributed by atoms with Crippen LogP contribution >= 0.6 is 12.4 Å². The summed E-state index contributed by atoms with van der Waals surface area (Å²) in [5, 5.41) is 1.82. The van der Waals surface area contributed by atoms with Crippen molar-refractivity contribution in [3.8, 4) is 0 Å². The standard InChI is InChI=1S/C15H15F3N4O2.ClH/c1-9-12-13(23)21(11-6-4-5-10(20-9)22(11)12)8-3-2-7-19-14(24)15(16,17)18;/h4-6H,2-3,7-8H2,1H3,(H,19,24);1H. The number of alkyl halides is 3. The summed E-state index contributed by atoms with van der Waals surface area (Å²) in [6.07, 6.45) is -4.06. The molecular formula is C15H16ClF3N4O2. The number of rotatable bonds is 5. The van der Waals surface area contributed by atoms with Gasteiger partial charge in [-0.3, -0.25) is 18.6 Å². The summed E-state index contributed by atoms with van der Waals surface area (Å²) in [5.74, 6) is -1.94. The van der Waals surface area contributed by atoms with Crippen LogP contribution in [0.1, 0.15) is 18.5 Å². The molecule has 3 aromatic rings. The molecule has 10 heteroatoms. The summed E-state index contributed by atoms with van der Waals surface area (Å²) in [6.45, 7) is 2.04. The maximum atomic E-state index is 12.5. The third-order valence-corrected chi connectivity index (χ3v) is 3.87. The van der Waals surface area contributed by atoms with Crippen LogP contribution in [0.4, 0.5) is 13.2 Å². The first-order chi connectivity index (χ1) is 11.3. The van der Waals surface area contributed by atoms with Crippen LogP contribution in [0.3, 0.4) is 0 Å². The van der Waals surface area contributed by atoms with Crippen LogP contribution in [-0.4, -0.2) is 32.6 Å². The van der Waals surface area contributed by atoms with E-state index in [0.717, 1.165) is 0 Å². The molecule has 0 spiro atoms. The Kier molecular flexibility index (Phi) is 5.26. The number of carbonyl (C=O) groups is 1. The molecule has 0 aliphatic carbocycles. The van der Waals surface area contributed by atoms with Crippen LogP contribution in [0.2, 0.25) is 0 Å². The van der Waals surface area contributed by atoms with Crippen molar-refractivity contribution >= 4 is 35.1 Å². The first kappa shape index (κ1) is 19.0. The minimum Gasteiger partial charge on any atom is -0.348 e. The second-order valence-electron chi connectivity index (χ2n) is 5.54. The maximum absolute atomic E-state index is 12.5. The zero-order chi connectivity index (χ0) is 17.5. The molecule has 3 heterocycles. The van der Waals surface area contributed by atoms with Crippen LogP contribution < -0.4 is 10.9 Å². The summed E-state index contributed by atoms with van der Waals surface area (Å²) in [4.78, 5) is 27.5. The Bertz CT molecular complexity index is 948. The molecule has 0 aliphatic rings. The van der Waals surface area contributed by atoms with Crippen molar-refractivity contribution in [2.75, 3.05) is 6.54 Å². The Morgan fingerprint density at radius 1 is 1.28 bits per heavy atom. The SMILES string of the molecule is Cc1nc2cccc3n(CCCCNC(=O)C(F)(F)F)c(=O)c1n23.Cl. The number of nitrogens with zero attached hydrogens (tertiary/aromatic N) is 3. The summed E-state index contributed by atoms with van der Waals surface area (Å²) in [6, 6.07) is 5.41. The first-order valence-corrected chi connectivity index (χ1v) is 7.45. The lowest BCUT2D eigenvalue weighted by Crippen LogP contribution is -2.37. The van der Waals surface area contributed by atoms with Crippen molar-refractivity contribution in [2.24, 2.45) is 0 Å². The smallest absolute Gasteiger partial charge is 0.348 e. The maximum Gasteiger partial charge on any atom is 0.471 e. The molecule has 6 nitrogen and oxygen atoms in total. The number of hydrogen-bond acceptors (Lipinski definition) is 3. The molecule has 0 atom stereocenters. The lowest BCUT2D eigenvalue weighted by atomic mass is 10.3. The highest BCUT2D eigenvalue weighted by atomic mass is 35.5. The molecule has 0 aliphatic heterocycles. The van der Waals surface area contributed by atoms with Gasteiger partial charge in [-0.25, -0.2) is 4.98 Å². The van der Waals surface area contributed by atoms with E-state index in [1.807, 2.05) is 11.4 Å². The summed E-state index contributed by atoms with van der Waals surface area (Å²) in [5.41, 5.74) is 2.39. The fourth-order valence-corrected chi connectivity index (χ4v) is 2.80. The van der Waals surface area contributed by atoms with Gasteiger partial charge in [0.15, 0.2) is 0 Å². The van der Waals surface area contributed by atoms with E-state index in [0.29, 0.717) is 41.9 Å².